The first kappa shape index (κ1) is 15.5. The maximum Gasteiger partial charge on any atom is 0.328 e. The molecule has 0 radical (unpaired) electrons. The summed E-state index contributed by atoms with van der Waals surface area (Å²) < 4.78 is 0. The van der Waals surface area contributed by atoms with Gasteiger partial charge in [0.15, 0.2) is 0 Å². The summed E-state index contributed by atoms with van der Waals surface area (Å²) in [5.41, 5.74) is 2.29. The quantitative estimate of drug-likeness (QED) is 0.689. The minimum absolute atomic E-state index is 0.164. The van der Waals surface area contributed by atoms with Gasteiger partial charge in [-0.2, -0.15) is 0 Å². The second-order valence-electron chi connectivity index (χ2n) is 4.12. The highest BCUT2D eigenvalue weighted by Gasteiger charge is 2.18. The molecule has 0 aliphatic rings. The van der Waals surface area contributed by atoms with Crippen molar-refractivity contribution in [2.45, 2.75) is 18.7 Å². The number of carboxylic acids is 1. The highest BCUT2D eigenvalue weighted by molar-refractivity contribution is 7.99. The summed E-state index contributed by atoms with van der Waals surface area (Å²) in [5.74, 6) is -0.777. The number of hydrogen-bond donors (Lipinski definition) is 3. The van der Waals surface area contributed by atoms with Gasteiger partial charge in [0.25, 0.3) is 0 Å². The Morgan fingerprint density at radius 1 is 1.32 bits per heavy atom. The van der Waals surface area contributed by atoms with Crippen LogP contribution in [0.15, 0.2) is 24.3 Å². The Morgan fingerprint density at radius 3 is 2.47 bits per heavy atom. The van der Waals surface area contributed by atoms with E-state index in [0.717, 1.165) is 5.56 Å². The number of aliphatic hydroxyl groups is 1. The summed E-state index contributed by atoms with van der Waals surface area (Å²) in [7, 11) is 0. The van der Waals surface area contributed by atoms with E-state index in [1.54, 1.807) is 0 Å². The number of carboxylic acid groups (broad SMARTS) is 1. The minimum Gasteiger partial charge on any atom is -0.480 e. The number of amides is 1. The number of aryl methyl sites for hydroxylation is 1. The van der Waals surface area contributed by atoms with E-state index in [0.29, 0.717) is 5.75 Å². The van der Waals surface area contributed by atoms with Gasteiger partial charge >= 0.3 is 5.97 Å². The van der Waals surface area contributed by atoms with Gasteiger partial charge in [-0.1, -0.05) is 29.8 Å². The van der Waals surface area contributed by atoms with Crippen molar-refractivity contribution in [3.05, 3.63) is 35.4 Å². The van der Waals surface area contributed by atoms with Gasteiger partial charge < -0.3 is 15.5 Å². The molecule has 0 aliphatic carbocycles. The molecule has 0 aliphatic heterocycles. The lowest BCUT2D eigenvalue weighted by atomic mass is 10.2. The van der Waals surface area contributed by atoms with Crippen molar-refractivity contribution in [3.8, 4) is 0 Å². The molecule has 6 heteroatoms. The fourth-order valence-corrected chi connectivity index (χ4v) is 2.17. The SMILES string of the molecule is Cc1ccc(CSCC(=O)NC(CO)C(=O)O)cc1. The number of thioether (sulfide) groups is 1. The third kappa shape index (κ3) is 5.76. The Balaban J connectivity index is 2.30. The number of carbonyl (C=O) groups is 2. The van der Waals surface area contributed by atoms with Crippen molar-refractivity contribution in [3.63, 3.8) is 0 Å². The van der Waals surface area contributed by atoms with E-state index in [4.69, 9.17) is 10.2 Å². The standard InChI is InChI=1S/C13H17NO4S/c1-9-2-4-10(5-3-9)7-19-8-12(16)14-11(6-15)13(17)18/h2-5,11,15H,6-8H2,1H3,(H,14,16)(H,17,18). The molecule has 1 aromatic rings. The van der Waals surface area contributed by atoms with E-state index in [9.17, 15) is 9.59 Å². The van der Waals surface area contributed by atoms with E-state index >= 15 is 0 Å². The molecule has 1 aromatic carbocycles. The molecule has 0 spiro atoms. The maximum absolute atomic E-state index is 11.5. The topological polar surface area (TPSA) is 86.6 Å². The van der Waals surface area contributed by atoms with E-state index in [1.807, 2.05) is 31.2 Å². The molecule has 0 saturated carbocycles. The first-order valence-electron chi connectivity index (χ1n) is 5.79. The molecule has 0 saturated heterocycles. The van der Waals surface area contributed by atoms with Crippen molar-refractivity contribution in [1.82, 2.24) is 5.32 Å². The number of carbonyl (C=O) groups excluding carboxylic acids is 1. The second-order valence-corrected chi connectivity index (χ2v) is 5.10. The van der Waals surface area contributed by atoms with Crippen LogP contribution in [0.3, 0.4) is 0 Å². The highest BCUT2D eigenvalue weighted by atomic mass is 32.2. The van der Waals surface area contributed by atoms with Crippen molar-refractivity contribution >= 4 is 23.6 Å². The van der Waals surface area contributed by atoms with Crippen LogP contribution in [0, 0.1) is 6.92 Å². The smallest absolute Gasteiger partial charge is 0.328 e. The molecular weight excluding hydrogens is 266 g/mol. The summed E-state index contributed by atoms with van der Waals surface area (Å²) in [6.07, 6.45) is 0. The van der Waals surface area contributed by atoms with Gasteiger partial charge in [-0.15, -0.1) is 11.8 Å². The number of rotatable bonds is 7. The number of nitrogens with one attached hydrogen (secondary N) is 1. The Labute approximate surface area is 116 Å². The van der Waals surface area contributed by atoms with E-state index in [1.165, 1.54) is 17.3 Å². The average Bonchev–Trinajstić information content (AvgIpc) is 2.38. The molecule has 1 atom stereocenters. The van der Waals surface area contributed by atoms with Gasteiger partial charge in [-0.05, 0) is 12.5 Å². The third-order valence-electron chi connectivity index (χ3n) is 2.44. The molecule has 19 heavy (non-hydrogen) atoms. The van der Waals surface area contributed by atoms with Crippen LogP contribution in [0.2, 0.25) is 0 Å². The first-order valence-corrected chi connectivity index (χ1v) is 6.94. The summed E-state index contributed by atoms with van der Waals surface area (Å²) >= 11 is 1.40. The van der Waals surface area contributed by atoms with Gasteiger partial charge in [0.05, 0.1) is 12.4 Å². The lowest BCUT2D eigenvalue weighted by molar-refractivity contribution is -0.142. The van der Waals surface area contributed by atoms with Gasteiger partial charge in [-0.3, -0.25) is 4.79 Å². The lowest BCUT2D eigenvalue weighted by Gasteiger charge is -2.11. The number of hydrogen-bond acceptors (Lipinski definition) is 4. The molecule has 104 valence electrons. The molecule has 0 bridgehead atoms. The van der Waals surface area contributed by atoms with E-state index < -0.39 is 24.5 Å². The number of benzene rings is 1. The Kier molecular flexibility index (Phi) is 6.38. The van der Waals surface area contributed by atoms with Crippen molar-refractivity contribution in [2.24, 2.45) is 0 Å². The zero-order chi connectivity index (χ0) is 14.3. The lowest BCUT2D eigenvalue weighted by Crippen LogP contribution is -2.44. The Morgan fingerprint density at radius 2 is 1.95 bits per heavy atom. The highest BCUT2D eigenvalue weighted by Crippen LogP contribution is 2.12. The molecule has 0 aromatic heterocycles. The van der Waals surface area contributed by atoms with Crippen LogP contribution in [0.4, 0.5) is 0 Å². The zero-order valence-electron chi connectivity index (χ0n) is 10.6. The van der Waals surface area contributed by atoms with Gasteiger partial charge in [-0.25, -0.2) is 4.79 Å². The van der Waals surface area contributed by atoms with Crippen LogP contribution in [-0.2, 0) is 15.3 Å². The fourth-order valence-electron chi connectivity index (χ4n) is 1.37. The van der Waals surface area contributed by atoms with Crippen molar-refractivity contribution in [1.29, 1.82) is 0 Å². The molecule has 0 fully saturated rings. The number of aliphatic hydroxyl groups excluding tert-OH is 1. The molecule has 1 rings (SSSR count). The summed E-state index contributed by atoms with van der Waals surface area (Å²) in [6.45, 7) is 1.40. The van der Waals surface area contributed by atoms with E-state index in [-0.39, 0.29) is 5.75 Å². The molecule has 1 amide bonds. The van der Waals surface area contributed by atoms with Crippen LogP contribution in [0.25, 0.3) is 0 Å². The van der Waals surface area contributed by atoms with Crippen LogP contribution in [-0.4, -0.2) is 40.5 Å². The predicted octanol–water partition coefficient (Wildman–Crippen LogP) is 0.790. The van der Waals surface area contributed by atoms with Crippen LogP contribution in [0.1, 0.15) is 11.1 Å². The minimum atomic E-state index is -1.24. The first-order chi connectivity index (χ1) is 9.02. The summed E-state index contributed by atoms with van der Waals surface area (Å²) in [5, 5.41) is 19.7. The van der Waals surface area contributed by atoms with Crippen LogP contribution in [0.5, 0.6) is 0 Å². The monoisotopic (exact) mass is 283 g/mol. The van der Waals surface area contributed by atoms with Gasteiger partial charge in [0.2, 0.25) is 5.91 Å². The average molecular weight is 283 g/mol. The van der Waals surface area contributed by atoms with Gasteiger partial charge in [0, 0.05) is 5.75 Å². The largest absolute Gasteiger partial charge is 0.480 e. The van der Waals surface area contributed by atoms with Gasteiger partial charge in [0.1, 0.15) is 6.04 Å². The second kappa shape index (κ2) is 7.81. The maximum atomic E-state index is 11.5. The molecular formula is C13H17NO4S. The predicted molar refractivity (Wildman–Crippen MR) is 74.0 cm³/mol. The van der Waals surface area contributed by atoms with E-state index in [2.05, 4.69) is 5.32 Å². The van der Waals surface area contributed by atoms with Crippen LogP contribution < -0.4 is 5.32 Å². The normalized spacial score (nSPS) is 11.9. The fraction of sp³-hybridized carbons (Fsp3) is 0.385. The third-order valence-corrected chi connectivity index (χ3v) is 3.44. The molecule has 5 nitrogen and oxygen atoms in total. The molecule has 3 N–H and O–H groups in total. The molecule has 0 heterocycles. The van der Waals surface area contributed by atoms with Crippen LogP contribution >= 0.6 is 11.8 Å². The van der Waals surface area contributed by atoms with Crippen molar-refractivity contribution < 1.29 is 19.8 Å². The Bertz CT molecular complexity index is 433. The van der Waals surface area contributed by atoms with Crippen molar-refractivity contribution in [2.75, 3.05) is 12.4 Å². The summed E-state index contributed by atoms with van der Waals surface area (Å²) in [6, 6.07) is 6.76. The summed E-state index contributed by atoms with van der Waals surface area (Å²) in [4.78, 5) is 22.1. The zero-order valence-corrected chi connectivity index (χ0v) is 11.4. The molecule has 1 unspecified atom stereocenters. The Hall–Kier alpha value is -1.53. The number of aliphatic carboxylic acids is 1.